The molecule has 0 atom stereocenters. The number of rotatable bonds is 7. The highest BCUT2D eigenvalue weighted by molar-refractivity contribution is 7.98. The van der Waals surface area contributed by atoms with Gasteiger partial charge in [-0.15, -0.1) is 0 Å². The number of nitriles is 1. The smallest absolute Gasteiger partial charge is 0.223 e. The molecule has 0 radical (unpaired) electrons. The van der Waals surface area contributed by atoms with Crippen LogP contribution in [0.25, 0.3) is 0 Å². The van der Waals surface area contributed by atoms with Crippen LogP contribution in [0.5, 0.6) is 11.6 Å². The van der Waals surface area contributed by atoms with Gasteiger partial charge < -0.3 is 4.74 Å². The number of benzene rings is 2. The van der Waals surface area contributed by atoms with Crippen molar-refractivity contribution in [2.24, 2.45) is 0 Å². The molecule has 0 N–H and O–H groups in total. The molecule has 2 aromatic carbocycles. The molecular formula is C23H23N3OS. The Morgan fingerprint density at radius 2 is 1.82 bits per heavy atom. The van der Waals surface area contributed by atoms with Gasteiger partial charge in [-0.2, -0.15) is 10.2 Å². The third-order valence-electron chi connectivity index (χ3n) is 4.36. The second kappa shape index (κ2) is 9.38. The van der Waals surface area contributed by atoms with Gasteiger partial charge in [-0.1, -0.05) is 62.9 Å². The standard InChI is InChI=1S/C23H23N3OS/c1-4-20-13-22(27-21-11-9-17(10-12-21)16(2)3)26-23(25-20)28-15-19-8-6-5-7-18(19)14-24/h5-13,16H,4,15H2,1-3H3. The van der Waals surface area contributed by atoms with Crippen molar-refractivity contribution < 1.29 is 4.74 Å². The van der Waals surface area contributed by atoms with Crippen molar-refractivity contribution in [3.63, 3.8) is 0 Å². The van der Waals surface area contributed by atoms with E-state index in [2.05, 4.69) is 48.9 Å². The molecule has 1 aromatic heterocycles. The summed E-state index contributed by atoms with van der Waals surface area (Å²) >= 11 is 1.51. The molecule has 3 aromatic rings. The fraction of sp³-hybridized carbons (Fsp3) is 0.261. The van der Waals surface area contributed by atoms with Gasteiger partial charge in [-0.05, 0) is 41.7 Å². The molecule has 0 unspecified atom stereocenters. The largest absolute Gasteiger partial charge is 0.439 e. The number of aromatic nitrogens is 2. The number of hydrogen-bond donors (Lipinski definition) is 0. The predicted octanol–water partition coefficient (Wildman–Crippen LogP) is 6.12. The van der Waals surface area contributed by atoms with Gasteiger partial charge in [0.05, 0.1) is 11.6 Å². The van der Waals surface area contributed by atoms with Crippen LogP contribution in [0.1, 0.15) is 49.1 Å². The van der Waals surface area contributed by atoms with Gasteiger partial charge in [-0.25, -0.2) is 4.98 Å². The zero-order valence-electron chi connectivity index (χ0n) is 16.3. The molecule has 5 heteroatoms. The van der Waals surface area contributed by atoms with Crippen LogP contribution in [-0.4, -0.2) is 9.97 Å². The quantitative estimate of drug-likeness (QED) is 0.360. The lowest BCUT2D eigenvalue weighted by atomic mass is 10.0. The molecular weight excluding hydrogens is 366 g/mol. The van der Waals surface area contributed by atoms with E-state index in [-0.39, 0.29) is 0 Å². The summed E-state index contributed by atoms with van der Waals surface area (Å²) in [5.41, 5.74) is 3.87. The number of aryl methyl sites for hydroxylation is 1. The zero-order valence-corrected chi connectivity index (χ0v) is 17.2. The highest BCUT2D eigenvalue weighted by Gasteiger charge is 2.09. The Bertz CT molecular complexity index is 978. The first-order valence-corrected chi connectivity index (χ1v) is 10.3. The van der Waals surface area contributed by atoms with Crippen LogP contribution in [0.3, 0.4) is 0 Å². The molecule has 3 rings (SSSR count). The summed E-state index contributed by atoms with van der Waals surface area (Å²) in [5, 5.41) is 9.90. The van der Waals surface area contributed by atoms with E-state index in [1.807, 2.05) is 42.5 Å². The lowest BCUT2D eigenvalue weighted by Gasteiger charge is -2.10. The van der Waals surface area contributed by atoms with Gasteiger partial charge >= 0.3 is 0 Å². The first kappa shape index (κ1) is 19.9. The minimum Gasteiger partial charge on any atom is -0.439 e. The molecule has 142 valence electrons. The third-order valence-corrected chi connectivity index (χ3v) is 5.26. The number of hydrogen-bond acceptors (Lipinski definition) is 5. The molecule has 0 aliphatic rings. The maximum Gasteiger partial charge on any atom is 0.223 e. The van der Waals surface area contributed by atoms with Crippen molar-refractivity contribution in [1.82, 2.24) is 9.97 Å². The molecule has 1 heterocycles. The SMILES string of the molecule is CCc1cc(Oc2ccc(C(C)C)cc2)nc(SCc2ccccc2C#N)n1. The Labute approximate surface area is 170 Å². The molecule has 0 amide bonds. The van der Waals surface area contributed by atoms with Crippen LogP contribution in [0, 0.1) is 11.3 Å². The third kappa shape index (κ3) is 5.11. The molecule has 0 saturated carbocycles. The van der Waals surface area contributed by atoms with Crippen LogP contribution in [0.4, 0.5) is 0 Å². The van der Waals surface area contributed by atoms with Crippen LogP contribution >= 0.6 is 11.8 Å². The van der Waals surface area contributed by atoms with Crippen molar-refractivity contribution >= 4 is 11.8 Å². The Balaban J connectivity index is 1.77. The topological polar surface area (TPSA) is 58.8 Å². The van der Waals surface area contributed by atoms with E-state index in [4.69, 9.17) is 4.74 Å². The zero-order chi connectivity index (χ0) is 19.9. The van der Waals surface area contributed by atoms with Gasteiger partial charge in [0.25, 0.3) is 0 Å². The van der Waals surface area contributed by atoms with Crippen molar-refractivity contribution in [3.05, 3.63) is 77.0 Å². The highest BCUT2D eigenvalue weighted by atomic mass is 32.2. The van der Waals surface area contributed by atoms with E-state index in [1.54, 1.807) is 0 Å². The second-order valence-electron chi connectivity index (χ2n) is 6.72. The number of thioether (sulfide) groups is 1. The van der Waals surface area contributed by atoms with E-state index in [0.717, 1.165) is 23.4 Å². The fourth-order valence-electron chi connectivity index (χ4n) is 2.69. The lowest BCUT2D eigenvalue weighted by molar-refractivity contribution is 0.453. The van der Waals surface area contributed by atoms with Crippen molar-refractivity contribution in [1.29, 1.82) is 5.26 Å². The highest BCUT2D eigenvalue weighted by Crippen LogP contribution is 2.27. The Morgan fingerprint density at radius 3 is 2.50 bits per heavy atom. The van der Waals surface area contributed by atoms with Gasteiger partial charge in [0, 0.05) is 17.5 Å². The molecule has 0 bridgehead atoms. The van der Waals surface area contributed by atoms with Crippen molar-refractivity contribution in [2.45, 2.75) is 44.0 Å². The summed E-state index contributed by atoms with van der Waals surface area (Å²) in [6, 6.07) is 19.8. The summed E-state index contributed by atoms with van der Waals surface area (Å²) in [6.45, 7) is 6.40. The average Bonchev–Trinajstić information content (AvgIpc) is 2.72. The minimum absolute atomic E-state index is 0.485. The summed E-state index contributed by atoms with van der Waals surface area (Å²) in [7, 11) is 0. The molecule has 0 aliphatic heterocycles. The predicted molar refractivity (Wildman–Crippen MR) is 113 cm³/mol. The van der Waals surface area contributed by atoms with E-state index in [9.17, 15) is 5.26 Å². The average molecular weight is 390 g/mol. The maximum atomic E-state index is 9.25. The van der Waals surface area contributed by atoms with Crippen LogP contribution in [0.15, 0.2) is 59.8 Å². The van der Waals surface area contributed by atoms with Gasteiger partial charge in [-0.3, -0.25) is 0 Å². The van der Waals surface area contributed by atoms with Gasteiger partial charge in [0.1, 0.15) is 5.75 Å². The molecule has 0 saturated heterocycles. The fourth-order valence-corrected chi connectivity index (χ4v) is 3.56. The summed E-state index contributed by atoms with van der Waals surface area (Å²) in [5.74, 6) is 2.43. The summed E-state index contributed by atoms with van der Waals surface area (Å²) < 4.78 is 5.98. The molecule has 28 heavy (non-hydrogen) atoms. The summed E-state index contributed by atoms with van der Waals surface area (Å²) in [4.78, 5) is 9.14. The first-order valence-electron chi connectivity index (χ1n) is 9.35. The molecule has 4 nitrogen and oxygen atoms in total. The Morgan fingerprint density at radius 1 is 1.07 bits per heavy atom. The van der Waals surface area contributed by atoms with Crippen LogP contribution in [-0.2, 0) is 12.2 Å². The normalized spacial score (nSPS) is 10.7. The Hall–Kier alpha value is -2.84. The van der Waals surface area contributed by atoms with Gasteiger partial charge in [0.2, 0.25) is 5.88 Å². The lowest BCUT2D eigenvalue weighted by Crippen LogP contribution is -1.98. The van der Waals surface area contributed by atoms with Crippen molar-refractivity contribution in [3.8, 4) is 17.7 Å². The number of ether oxygens (including phenoxy) is 1. The molecule has 0 fully saturated rings. The van der Waals surface area contributed by atoms with E-state index in [0.29, 0.717) is 28.3 Å². The minimum atomic E-state index is 0.485. The second-order valence-corrected chi connectivity index (χ2v) is 7.66. The Kier molecular flexibility index (Phi) is 6.67. The van der Waals surface area contributed by atoms with Gasteiger partial charge in [0.15, 0.2) is 5.16 Å². The van der Waals surface area contributed by atoms with E-state index in [1.165, 1.54) is 17.3 Å². The number of nitrogens with zero attached hydrogens (tertiary/aromatic N) is 3. The first-order chi connectivity index (χ1) is 13.6. The maximum absolute atomic E-state index is 9.25. The molecule has 0 spiro atoms. The van der Waals surface area contributed by atoms with Crippen LogP contribution in [0.2, 0.25) is 0 Å². The van der Waals surface area contributed by atoms with E-state index >= 15 is 0 Å². The monoisotopic (exact) mass is 389 g/mol. The van der Waals surface area contributed by atoms with Crippen molar-refractivity contribution in [2.75, 3.05) is 0 Å². The van der Waals surface area contributed by atoms with Crippen LogP contribution < -0.4 is 4.74 Å². The summed E-state index contributed by atoms with van der Waals surface area (Å²) in [6.07, 6.45) is 0.799. The molecule has 0 aliphatic carbocycles. The van der Waals surface area contributed by atoms with E-state index < -0.39 is 0 Å².